The van der Waals surface area contributed by atoms with Crippen molar-refractivity contribution in [2.45, 2.75) is 78.9 Å². The SMILES string of the molecule is CC(C)(C)N(C(=O)O)N(C(C)(C)C)C(C)(C)C. The second kappa shape index (κ2) is 4.48. The monoisotopic (exact) mass is 244 g/mol. The Labute approximate surface area is 106 Å². The van der Waals surface area contributed by atoms with E-state index in [-0.39, 0.29) is 11.1 Å². The average Bonchev–Trinajstić information content (AvgIpc) is 1.91. The van der Waals surface area contributed by atoms with Gasteiger partial charge in [-0.2, -0.15) is 0 Å². The molecule has 1 amide bonds. The summed E-state index contributed by atoms with van der Waals surface area (Å²) in [5, 5.41) is 12.9. The molecule has 0 saturated carbocycles. The van der Waals surface area contributed by atoms with Crippen molar-refractivity contribution < 1.29 is 9.90 Å². The van der Waals surface area contributed by atoms with Crippen LogP contribution < -0.4 is 0 Å². The maximum Gasteiger partial charge on any atom is 0.422 e. The summed E-state index contributed by atoms with van der Waals surface area (Å²) < 4.78 is 0. The molecule has 0 rings (SSSR count). The maximum atomic E-state index is 11.6. The van der Waals surface area contributed by atoms with Gasteiger partial charge in [0.1, 0.15) is 0 Å². The van der Waals surface area contributed by atoms with E-state index in [9.17, 15) is 9.90 Å². The average molecular weight is 244 g/mol. The number of rotatable bonds is 1. The summed E-state index contributed by atoms with van der Waals surface area (Å²) in [5.74, 6) is 0. The third kappa shape index (κ3) is 4.19. The molecule has 0 aliphatic rings. The molecular formula is C13H28N2O2. The van der Waals surface area contributed by atoms with Crippen molar-refractivity contribution in [3.05, 3.63) is 0 Å². The summed E-state index contributed by atoms with van der Waals surface area (Å²) in [5.41, 5.74) is -0.986. The van der Waals surface area contributed by atoms with Gasteiger partial charge in [0.2, 0.25) is 0 Å². The molecular weight excluding hydrogens is 216 g/mol. The lowest BCUT2D eigenvalue weighted by atomic mass is 9.97. The van der Waals surface area contributed by atoms with Crippen LogP contribution in [0.5, 0.6) is 0 Å². The summed E-state index contributed by atoms with van der Waals surface area (Å²) >= 11 is 0. The molecule has 0 heterocycles. The highest BCUT2D eigenvalue weighted by Crippen LogP contribution is 2.31. The van der Waals surface area contributed by atoms with Crippen LogP contribution in [0.15, 0.2) is 0 Å². The molecule has 102 valence electrons. The Kier molecular flexibility index (Phi) is 4.28. The van der Waals surface area contributed by atoms with Crippen LogP contribution in [-0.2, 0) is 0 Å². The molecule has 17 heavy (non-hydrogen) atoms. The lowest BCUT2D eigenvalue weighted by Gasteiger charge is -2.54. The number of carboxylic acid groups (broad SMARTS) is 1. The maximum absolute atomic E-state index is 11.6. The smallest absolute Gasteiger partial charge is 0.422 e. The minimum absolute atomic E-state index is 0.260. The lowest BCUT2D eigenvalue weighted by molar-refractivity contribution is -0.166. The Balaban J connectivity index is 5.66. The van der Waals surface area contributed by atoms with Crippen LogP contribution in [0.25, 0.3) is 0 Å². The van der Waals surface area contributed by atoms with E-state index in [1.165, 1.54) is 5.01 Å². The predicted octanol–water partition coefficient (Wildman–Crippen LogP) is 3.58. The number of hydrazine groups is 1. The molecule has 0 atom stereocenters. The second-order valence-electron chi connectivity index (χ2n) is 7.42. The molecule has 0 aromatic carbocycles. The van der Waals surface area contributed by atoms with Crippen molar-refractivity contribution in [2.75, 3.05) is 0 Å². The van der Waals surface area contributed by atoms with E-state index in [0.29, 0.717) is 0 Å². The van der Waals surface area contributed by atoms with Gasteiger partial charge >= 0.3 is 6.09 Å². The van der Waals surface area contributed by atoms with Crippen LogP contribution in [0.1, 0.15) is 62.3 Å². The third-order valence-corrected chi connectivity index (χ3v) is 2.29. The molecule has 0 aliphatic carbocycles. The summed E-state index contributed by atoms with van der Waals surface area (Å²) in [7, 11) is 0. The zero-order chi connectivity index (χ0) is 14.2. The molecule has 4 nitrogen and oxygen atoms in total. The molecule has 0 saturated heterocycles. The third-order valence-electron chi connectivity index (χ3n) is 2.29. The highest BCUT2D eigenvalue weighted by atomic mass is 16.4. The van der Waals surface area contributed by atoms with Crippen molar-refractivity contribution >= 4 is 6.09 Å². The van der Waals surface area contributed by atoms with Crippen LogP contribution in [-0.4, -0.2) is 37.8 Å². The highest BCUT2D eigenvalue weighted by Gasteiger charge is 2.43. The first-order valence-corrected chi connectivity index (χ1v) is 6.02. The first-order valence-electron chi connectivity index (χ1n) is 6.02. The minimum atomic E-state index is -0.914. The van der Waals surface area contributed by atoms with Crippen molar-refractivity contribution in [3.63, 3.8) is 0 Å². The van der Waals surface area contributed by atoms with E-state index in [0.717, 1.165) is 0 Å². The van der Waals surface area contributed by atoms with Gasteiger partial charge in [0.25, 0.3) is 0 Å². The van der Waals surface area contributed by atoms with Gasteiger partial charge in [-0.15, -0.1) is 0 Å². The zero-order valence-electron chi connectivity index (χ0n) is 12.7. The Morgan fingerprint density at radius 3 is 1.12 bits per heavy atom. The first-order chi connectivity index (χ1) is 7.19. The predicted molar refractivity (Wildman–Crippen MR) is 71.0 cm³/mol. The van der Waals surface area contributed by atoms with E-state index in [1.807, 2.05) is 67.3 Å². The van der Waals surface area contributed by atoms with E-state index < -0.39 is 11.6 Å². The fraction of sp³-hybridized carbons (Fsp3) is 0.923. The van der Waals surface area contributed by atoms with Crippen LogP contribution >= 0.6 is 0 Å². The van der Waals surface area contributed by atoms with Crippen molar-refractivity contribution in [1.29, 1.82) is 0 Å². The molecule has 0 bridgehead atoms. The molecule has 0 radical (unpaired) electrons. The topological polar surface area (TPSA) is 43.8 Å². The normalized spacial score (nSPS) is 14.0. The van der Waals surface area contributed by atoms with Gasteiger partial charge in [0.05, 0.1) is 5.54 Å². The lowest BCUT2D eigenvalue weighted by Crippen LogP contribution is -2.67. The van der Waals surface area contributed by atoms with Crippen LogP contribution in [0, 0.1) is 0 Å². The Morgan fingerprint density at radius 2 is 1.06 bits per heavy atom. The fourth-order valence-corrected chi connectivity index (χ4v) is 2.28. The summed E-state index contributed by atoms with van der Waals surface area (Å²) in [4.78, 5) is 11.6. The highest BCUT2D eigenvalue weighted by molar-refractivity contribution is 5.65. The minimum Gasteiger partial charge on any atom is -0.464 e. The van der Waals surface area contributed by atoms with Gasteiger partial charge in [0, 0.05) is 11.1 Å². The number of nitrogens with zero attached hydrogens (tertiary/aromatic N) is 2. The molecule has 0 aromatic heterocycles. The second-order valence-corrected chi connectivity index (χ2v) is 7.42. The Bertz CT molecular complexity index is 265. The zero-order valence-corrected chi connectivity index (χ0v) is 12.7. The van der Waals surface area contributed by atoms with Gasteiger partial charge in [0.15, 0.2) is 0 Å². The number of hydrogen-bond donors (Lipinski definition) is 1. The molecule has 1 N–H and O–H groups in total. The molecule has 4 heteroatoms. The van der Waals surface area contributed by atoms with Gasteiger partial charge in [-0.25, -0.2) is 14.8 Å². The Hall–Kier alpha value is -0.770. The number of amides is 1. The Morgan fingerprint density at radius 1 is 0.765 bits per heavy atom. The van der Waals surface area contributed by atoms with E-state index >= 15 is 0 Å². The van der Waals surface area contributed by atoms with Crippen molar-refractivity contribution in [3.8, 4) is 0 Å². The van der Waals surface area contributed by atoms with Crippen molar-refractivity contribution in [2.24, 2.45) is 0 Å². The molecule has 0 fully saturated rings. The molecule has 0 spiro atoms. The fourth-order valence-electron chi connectivity index (χ4n) is 2.28. The van der Waals surface area contributed by atoms with Gasteiger partial charge in [-0.1, -0.05) is 0 Å². The summed E-state index contributed by atoms with van der Waals surface area (Å²) in [6.07, 6.45) is -0.914. The largest absolute Gasteiger partial charge is 0.464 e. The van der Waals surface area contributed by atoms with Crippen molar-refractivity contribution in [1.82, 2.24) is 10.0 Å². The van der Waals surface area contributed by atoms with Crippen LogP contribution in [0.2, 0.25) is 0 Å². The number of hydrogen-bond acceptors (Lipinski definition) is 2. The standard InChI is InChI=1S/C13H28N2O2/c1-11(2,3)14(10(16)17)15(12(4,5)6)13(7,8)9/h1-9H3,(H,16,17). The van der Waals surface area contributed by atoms with E-state index in [1.54, 1.807) is 0 Å². The number of carbonyl (C=O) groups is 1. The molecule has 0 aromatic rings. The van der Waals surface area contributed by atoms with Gasteiger partial charge < -0.3 is 5.11 Å². The van der Waals surface area contributed by atoms with Gasteiger partial charge in [-0.3, -0.25) is 0 Å². The van der Waals surface area contributed by atoms with E-state index in [2.05, 4.69) is 0 Å². The van der Waals surface area contributed by atoms with Gasteiger partial charge in [-0.05, 0) is 62.3 Å². The first kappa shape index (κ1) is 16.2. The summed E-state index contributed by atoms with van der Waals surface area (Å²) in [6, 6.07) is 0. The van der Waals surface area contributed by atoms with Crippen LogP contribution in [0.3, 0.4) is 0 Å². The van der Waals surface area contributed by atoms with E-state index in [4.69, 9.17) is 0 Å². The summed E-state index contributed by atoms with van der Waals surface area (Å²) in [6.45, 7) is 17.9. The molecule has 0 aliphatic heterocycles. The quantitative estimate of drug-likeness (QED) is 0.717. The molecule has 0 unspecified atom stereocenters. The van der Waals surface area contributed by atoms with Crippen LogP contribution in [0.4, 0.5) is 4.79 Å².